The number of carbonyl (C=O) groups is 2. The smallest absolute Gasteiger partial charge is 0.305 e. The van der Waals surface area contributed by atoms with Crippen LogP contribution in [0.4, 0.5) is 0 Å². The Morgan fingerprint density at radius 1 is 0.440 bits per heavy atom. The fourth-order valence-electron chi connectivity index (χ4n) is 11.5. The van der Waals surface area contributed by atoms with Crippen molar-refractivity contribution in [2.75, 3.05) is 19.8 Å². The van der Waals surface area contributed by atoms with Crippen molar-refractivity contribution in [1.29, 1.82) is 0 Å². The van der Waals surface area contributed by atoms with E-state index in [2.05, 4.69) is 43.5 Å². The van der Waals surface area contributed by atoms with Crippen molar-refractivity contribution in [1.82, 2.24) is 5.32 Å². The Morgan fingerprint density at radius 2 is 0.798 bits per heavy atom. The zero-order valence-electron chi connectivity index (χ0n) is 54.9. The van der Waals surface area contributed by atoms with Gasteiger partial charge in [0.05, 0.1) is 32.0 Å². The quantitative estimate of drug-likeness (QED) is 0.0195. The van der Waals surface area contributed by atoms with Crippen LogP contribution in [-0.4, -0.2) is 100 Å². The first kappa shape index (κ1) is 79.9. The Kier molecular flexibility index (Phi) is 59.4. The molecule has 7 atom stereocenters. The van der Waals surface area contributed by atoms with Crippen molar-refractivity contribution in [3.8, 4) is 0 Å². The molecular formula is C73H137NO10. The van der Waals surface area contributed by atoms with Gasteiger partial charge in [-0.25, -0.2) is 0 Å². The van der Waals surface area contributed by atoms with Gasteiger partial charge in [-0.15, -0.1) is 0 Å². The van der Waals surface area contributed by atoms with Gasteiger partial charge in [0.1, 0.15) is 24.4 Å². The highest BCUT2D eigenvalue weighted by atomic mass is 16.7. The SMILES string of the molecule is CCCCCCCCC/C=C/C(O)C(COC1OC(CO)C(O)C(O)C1O)NC(=O)CCCCCCCCCCCCCCC/C=C\C/C=C\CCCCCCCCCCCOC(=O)CCCCCCCCCCCCCCCCCCCC. The summed E-state index contributed by atoms with van der Waals surface area (Å²) in [4.78, 5) is 25.1. The minimum atomic E-state index is -1.57. The molecule has 0 aromatic heterocycles. The first-order valence-corrected chi connectivity index (χ1v) is 36.3. The molecule has 1 aliphatic rings. The molecule has 494 valence electrons. The molecule has 11 heteroatoms. The molecule has 0 aromatic rings. The summed E-state index contributed by atoms with van der Waals surface area (Å²) in [6, 6.07) is -0.810. The normalized spacial score (nSPS) is 18.2. The lowest BCUT2D eigenvalue weighted by atomic mass is 9.99. The van der Waals surface area contributed by atoms with Gasteiger partial charge < -0.3 is 45.1 Å². The number of amides is 1. The van der Waals surface area contributed by atoms with Crippen molar-refractivity contribution < 1.29 is 49.3 Å². The third-order valence-electron chi connectivity index (χ3n) is 17.2. The zero-order valence-corrected chi connectivity index (χ0v) is 54.9. The van der Waals surface area contributed by atoms with E-state index >= 15 is 0 Å². The van der Waals surface area contributed by atoms with Gasteiger partial charge in [0.15, 0.2) is 6.29 Å². The van der Waals surface area contributed by atoms with E-state index in [9.17, 15) is 35.1 Å². The van der Waals surface area contributed by atoms with Crippen LogP contribution in [0.3, 0.4) is 0 Å². The van der Waals surface area contributed by atoms with Crippen LogP contribution in [-0.2, 0) is 23.8 Å². The third-order valence-corrected chi connectivity index (χ3v) is 17.2. The second-order valence-electron chi connectivity index (χ2n) is 25.3. The summed E-state index contributed by atoms with van der Waals surface area (Å²) in [7, 11) is 0. The summed E-state index contributed by atoms with van der Waals surface area (Å²) in [6.45, 7) is 4.35. The molecule has 1 heterocycles. The molecule has 0 bridgehead atoms. The monoisotopic (exact) mass is 1190 g/mol. The number of unbranched alkanes of at least 4 members (excludes halogenated alkanes) is 46. The van der Waals surface area contributed by atoms with Gasteiger partial charge in [-0.2, -0.15) is 0 Å². The minimum Gasteiger partial charge on any atom is -0.466 e. The fraction of sp³-hybridized carbons (Fsp3) is 0.890. The molecule has 0 spiro atoms. The summed E-state index contributed by atoms with van der Waals surface area (Å²) in [6.07, 6.45) is 70.2. The molecule has 1 aliphatic heterocycles. The Bertz CT molecular complexity index is 1490. The van der Waals surface area contributed by atoms with Gasteiger partial charge in [-0.1, -0.05) is 314 Å². The highest BCUT2D eigenvalue weighted by molar-refractivity contribution is 5.76. The highest BCUT2D eigenvalue weighted by Gasteiger charge is 2.44. The molecule has 1 rings (SSSR count). The van der Waals surface area contributed by atoms with Crippen LogP contribution in [0, 0.1) is 0 Å². The molecule has 0 aromatic carbocycles. The van der Waals surface area contributed by atoms with Gasteiger partial charge in [0, 0.05) is 12.8 Å². The van der Waals surface area contributed by atoms with E-state index in [-0.39, 0.29) is 18.5 Å². The van der Waals surface area contributed by atoms with E-state index < -0.39 is 49.5 Å². The van der Waals surface area contributed by atoms with Gasteiger partial charge in [0.25, 0.3) is 0 Å². The van der Waals surface area contributed by atoms with E-state index in [0.29, 0.717) is 19.4 Å². The summed E-state index contributed by atoms with van der Waals surface area (Å²) >= 11 is 0. The van der Waals surface area contributed by atoms with E-state index in [4.69, 9.17) is 14.2 Å². The van der Waals surface area contributed by atoms with Crippen LogP contribution in [0.5, 0.6) is 0 Å². The second-order valence-corrected chi connectivity index (χ2v) is 25.3. The van der Waals surface area contributed by atoms with Crippen LogP contribution in [0.15, 0.2) is 36.5 Å². The van der Waals surface area contributed by atoms with Crippen LogP contribution >= 0.6 is 0 Å². The Labute approximate surface area is 517 Å². The molecule has 84 heavy (non-hydrogen) atoms. The largest absolute Gasteiger partial charge is 0.466 e. The molecule has 11 nitrogen and oxygen atoms in total. The maximum absolute atomic E-state index is 13.0. The molecule has 1 amide bonds. The third kappa shape index (κ3) is 50.8. The Morgan fingerprint density at radius 3 is 1.20 bits per heavy atom. The number of aliphatic hydroxyl groups excluding tert-OH is 5. The van der Waals surface area contributed by atoms with E-state index in [1.807, 2.05) is 6.08 Å². The molecule has 7 unspecified atom stereocenters. The van der Waals surface area contributed by atoms with Gasteiger partial charge in [-0.3, -0.25) is 9.59 Å². The maximum Gasteiger partial charge on any atom is 0.305 e. The zero-order chi connectivity index (χ0) is 60.9. The number of aliphatic hydroxyl groups is 5. The number of carbonyl (C=O) groups excluding carboxylic acids is 2. The van der Waals surface area contributed by atoms with Crippen molar-refractivity contribution >= 4 is 11.9 Å². The predicted molar refractivity (Wildman–Crippen MR) is 352 cm³/mol. The average molecular weight is 1190 g/mol. The van der Waals surface area contributed by atoms with E-state index in [1.165, 1.54) is 263 Å². The topological polar surface area (TPSA) is 175 Å². The van der Waals surface area contributed by atoms with Gasteiger partial charge in [0.2, 0.25) is 5.91 Å². The number of ether oxygens (including phenoxy) is 3. The Hall–Kier alpha value is -2.12. The Balaban J connectivity index is 1.92. The van der Waals surface area contributed by atoms with Gasteiger partial charge >= 0.3 is 5.97 Å². The van der Waals surface area contributed by atoms with E-state index in [1.54, 1.807) is 6.08 Å². The summed E-state index contributed by atoms with van der Waals surface area (Å²) in [5, 5.41) is 54.3. The number of allylic oxidation sites excluding steroid dienone is 5. The lowest BCUT2D eigenvalue weighted by Gasteiger charge is -2.40. The van der Waals surface area contributed by atoms with Crippen molar-refractivity contribution in [2.45, 2.75) is 397 Å². The fourth-order valence-corrected chi connectivity index (χ4v) is 11.5. The maximum atomic E-state index is 13.0. The summed E-state index contributed by atoms with van der Waals surface area (Å²) < 4.78 is 16.7. The second kappa shape index (κ2) is 62.5. The highest BCUT2D eigenvalue weighted by Crippen LogP contribution is 2.23. The minimum absolute atomic E-state index is 0.00808. The molecule has 0 radical (unpaired) electrons. The van der Waals surface area contributed by atoms with Crippen LogP contribution in [0.2, 0.25) is 0 Å². The number of hydrogen-bond acceptors (Lipinski definition) is 10. The van der Waals surface area contributed by atoms with Crippen LogP contribution in [0.1, 0.15) is 354 Å². The first-order valence-electron chi connectivity index (χ1n) is 36.3. The van der Waals surface area contributed by atoms with Crippen molar-refractivity contribution in [2.24, 2.45) is 0 Å². The summed E-state index contributed by atoms with van der Waals surface area (Å²) in [5.74, 6) is -0.176. The standard InChI is InChI=1S/C73H137NO10/c1-3-5-7-9-11-13-14-15-16-17-32-35-38-41-45-49-53-57-61-69(78)82-62-58-54-50-46-42-39-36-33-30-28-26-24-22-20-18-19-21-23-25-27-29-31-34-37-40-44-48-52-56-60-68(77)74-65(66(76)59-55-51-47-43-12-10-8-6-4-2)64-83-73-72(81)71(80)70(79)67(63-75)84-73/h18,20,24,26,55,59,65-67,70-73,75-76,79-81H,3-17,19,21-23,25,27-54,56-58,60-64H2,1-2H3,(H,74,77)/b20-18-,26-24-,59-55+. The lowest BCUT2D eigenvalue weighted by molar-refractivity contribution is -0.302. The number of nitrogens with one attached hydrogen (secondary N) is 1. The predicted octanol–water partition coefficient (Wildman–Crippen LogP) is 18.6. The summed E-state index contributed by atoms with van der Waals surface area (Å²) in [5.41, 5.74) is 0. The molecule has 6 N–H and O–H groups in total. The van der Waals surface area contributed by atoms with Crippen LogP contribution in [0.25, 0.3) is 0 Å². The molecule has 1 fully saturated rings. The van der Waals surface area contributed by atoms with Crippen molar-refractivity contribution in [3.05, 3.63) is 36.5 Å². The molecule has 0 saturated carbocycles. The van der Waals surface area contributed by atoms with Gasteiger partial charge in [-0.05, 0) is 64.2 Å². The average Bonchev–Trinajstić information content (AvgIpc) is 3.59. The van der Waals surface area contributed by atoms with Crippen LogP contribution < -0.4 is 5.32 Å². The number of esters is 1. The number of hydrogen-bond donors (Lipinski definition) is 6. The molecule has 1 saturated heterocycles. The lowest BCUT2D eigenvalue weighted by Crippen LogP contribution is -2.60. The van der Waals surface area contributed by atoms with Crippen molar-refractivity contribution in [3.63, 3.8) is 0 Å². The first-order chi connectivity index (χ1) is 41.2. The number of rotatable bonds is 64. The molecule has 0 aliphatic carbocycles. The van der Waals surface area contributed by atoms with E-state index in [0.717, 1.165) is 64.2 Å². The molecular weight excluding hydrogens is 1050 g/mol.